The van der Waals surface area contributed by atoms with Crippen LogP contribution in [0.2, 0.25) is 0 Å². The van der Waals surface area contributed by atoms with Crippen LogP contribution >= 0.6 is 0 Å². The van der Waals surface area contributed by atoms with Crippen molar-refractivity contribution in [3.8, 4) is 0 Å². The van der Waals surface area contributed by atoms with Gasteiger partial charge in [0.2, 0.25) is 15.9 Å². The highest BCUT2D eigenvalue weighted by Crippen LogP contribution is 2.48. The van der Waals surface area contributed by atoms with Crippen molar-refractivity contribution in [1.29, 1.82) is 0 Å². The second-order valence-corrected chi connectivity index (χ2v) is 7.13. The van der Waals surface area contributed by atoms with Crippen LogP contribution in [0.1, 0.15) is 6.42 Å². The third kappa shape index (κ3) is 3.18. The summed E-state index contributed by atoms with van der Waals surface area (Å²) in [7, 11) is -3.28. The molecule has 20 heavy (non-hydrogen) atoms. The van der Waals surface area contributed by atoms with E-state index in [-0.39, 0.29) is 30.8 Å². The molecule has 4 unspecified atom stereocenters. The molecule has 4 atom stereocenters. The molecule has 3 N–H and O–H groups in total. The van der Waals surface area contributed by atoms with Gasteiger partial charge in [0.1, 0.15) is 0 Å². The molecule has 0 saturated heterocycles. The Morgan fingerprint density at radius 3 is 2.35 bits per heavy atom. The molecular weight excluding hydrogens is 284 g/mol. The van der Waals surface area contributed by atoms with Crippen LogP contribution in [-0.4, -0.2) is 44.7 Å². The summed E-state index contributed by atoms with van der Waals surface area (Å²) in [4.78, 5) is 23.4. The second-order valence-electron chi connectivity index (χ2n) is 5.30. The average Bonchev–Trinajstić information content (AvgIpc) is 2.92. The standard InChI is InChI=1S/C12H18N2O5S/c1-20(18,19)14-5-4-13-11(15)9-7-2-3-8(6-7)10(9)12(16)17/h2-3,7-10,14H,4-6H2,1H3,(H,13,15)(H,16,17). The third-order valence-electron chi connectivity index (χ3n) is 3.84. The van der Waals surface area contributed by atoms with E-state index in [9.17, 15) is 23.1 Å². The van der Waals surface area contributed by atoms with Crippen molar-refractivity contribution in [2.75, 3.05) is 19.3 Å². The minimum absolute atomic E-state index is 0.0241. The first-order chi connectivity index (χ1) is 9.29. The molecule has 0 aromatic rings. The van der Waals surface area contributed by atoms with Gasteiger partial charge in [-0.3, -0.25) is 9.59 Å². The lowest BCUT2D eigenvalue weighted by Gasteiger charge is -2.23. The number of sulfonamides is 1. The molecule has 2 aliphatic rings. The topological polar surface area (TPSA) is 113 Å². The van der Waals surface area contributed by atoms with Gasteiger partial charge < -0.3 is 10.4 Å². The first kappa shape index (κ1) is 15.0. The number of carboxylic acid groups (broad SMARTS) is 1. The SMILES string of the molecule is CS(=O)(=O)NCCNC(=O)C1C2C=CC(C2)C1C(=O)O. The zero-order valence-corrected chi connectivity index (χ0v) is 11.9. The Balaban J connectivity index is 1.89. The molecule has 0 heterocycles. The van der Waals surface area contributed by atoms with Gasteiger partial charge in [-0.2, -0.15) is 0 Å². The van der Waals surface area contributed by atoms with Crippen molar-refractivity contribution in [2.45, 2.75) is 6.42 Å². The van der Waals surface area contributed by atoms with E-state index in [1.807, 2.05) is 12.2 Å². The second kappa shape index (κ2) is 5.53. The Morgan fingerprint density at radius 2 is 1.80 bits per heavy atom. The lowest BCUT2D eigenvalue weighted by atomic mass is 9.82. The number of amides is 1. The van der Waals surface area contributed by atoms with Gasteiger partial charge in [-0.1, -0.05) is 12.2 Å². The summed E-state index contributed by atoms with van der Waals surface area (Å²) < 4.78 is 24.0. The molecule has 0 radical (unpaired) electrons. The van der Waals surface area contributed by atoms with E-state index < -0.39 is 27.8 Å². The molecule has 2 bridgehead atoms. The van der Waals surface area contributed by atoms with Crippen LogP contribution in [0.15, 0.2) is 12.2 Å². The van der Waals surface area contributed by atoms with E-state index in [0.717, 1.165) is 6.26 Å². The Hall–Kier alpha value is -1.41. The van der Waals surface area contributed by atoms with E-state index in [1.165, 1.54) is 0 Å². The highest BCUT2D eigenvalue weighted by Gasteiger charge is 2.51. The van der Waals surface area contributed by atoms with Gasteiger partial charge in [0.25, 0.3) is 0 Å². The summed E-state index contributed by atoms with van der Waals surface area (Å²) in [5.74, 6) is -2.58. The predicted molar refractivity (Wildman–Crippen MR) is 71.2 cm³/mol. The predicted octanol–water partition coefficient (Wildman–Crippen LogP) is -0.825. The van der Waals surface area contributed by atoms with Gasteiger partial charge in [0.05, 0.1) is 18.1 Å². The highest BCUT2D eigenvalue weighted by atomic mass is 32.2. The van der Waals surface area contributed by atoms with Crippen LogP contribution in [-0.2, 0) is 19.6 Å². The summed E-state index contributed by atoms with van der Waals surface area (Å²) in [5, 5.41) is 11.8. The average molecular weight is 302 g/mol. The summed E-state index contributed by atoms with van der Waals surface area (Å²) in [5.41, 5.74) is 0. The molecule has 0 aromatic carbocycles. The maximum absolute atomic E-state index is 12.1. The number of fused-ring (bicyclic) bond motifs is 2. The van der Waals surface area contributed by atoms with Crippen LogP contribution in [0.25, 0.3) is 0 Å². The fourth-order valence-corrected chi connectivity index (χ4v) is 3.53. The normalized spacial score (nSPS) is 31.4. The fraction of sp³-hybridized carbons (Fsp3) is 0.667. The molecule has 2 rings (SSSR count). The molecule has 1 saturated carbocycles. The van der Waals surface area contributed by atoms with Gasteiger partial charge >= 0.3 is 5.97 Å². The first-order valence-electron chi connectivity index (χ1n) is 6.43. The number of allylic oxidation sites excluding steroid dienone is 2. The Morgan fingerprint density at radius 1 is 1.20 bits per heavy atom. The molecule has 0 aliphatic heterocycles. The minimum Gasteiger partial charge on any atom is -0.481 e. The largest absolute Gasteiger partial charge is 0.481 e. The zero-order chi connectivity index (χ0) is 14.9. The molecule has 0 aromatic heterocycles. The van der Waals surface area contributed by atoms with Crippen LogP contribution in [0.4, 0.5) is 0 Å². The summed E-state index contributed by atoms with van der Waals surface area (Å²) >= 11 is 0. The van der Waals surface area contributed by atoms with Gasteiger partial charge in [0.15, 0.2) is 0 Å². The molecule has 1 fully saturated rings. The van der Waals surface area contributed by atoms with Gasteiger partial charge in [-0.25, -0.2) is 13.1 Å². The number of aliphatic carboxylic acids is 1. The van der Waals surface area contributed by atoms with Gasteiger partial charge in [-0.15, -0.1) is 0 Å². The highest BCUT2D eigenvalue weighted by molar-refractivity contribution is 7.88. The Bertz CT molecular complexity index is 542. The minimum atomic E-state index is -3.28. The lowest BCUT2D eigenvalue weighted by molar-refractivity contribution is -0.147. The molecule has 7 nitrogen and oxygen atoms in total. The van der Waals surface area contributed by atoms with Crippen LogP contribution in [0, 0.1) is 23.7 Å². The fourth-order valence-electron chi connectivity index (χ4n) is 3.06. The summed E-state index contributed by atoms with van der Waals surface area (Å²) in [6, 6.07) is 0. The van der Waals surface area contributed by atoms with Crippen molar-refractivity contribution in [3.63, 3.8) is 0 Å². The van der Waals surface area contributed by atoms with E-state index in [1.54, 1.807) is 0 Å². The van der Waals surface area contributed by atoms with E-state index in [2.05, 4.69) is 10.0 Å². The van der Waals surface area contributed by atoms with Gasteiger partial charge in [0, 0.05) is 13.1 Å². The molecule has 2 aliphatic carbocycles. The zero-order valence-electron chi connectivity index (χ0n) is 11.1. The maximum atomic E-state index is 12.1. The van der Waals surface area contributed by atoms with E-state index in [0.29, 0.717) is 6.42 Å². The quantitative estimate of drug-likeness (QED) is 0.438. The molecular formula is C12H18N2O5S. The Kier molecular flexibility index (Phi) is 4.14. The lowest BCUT2D eigenvalue weighted by Crippen LogP contribution is -2.42. The van der Waals surface area contributed by atoms with Crippen molar-refractivity contribution < 1.29 is 23.1 Å². The monoisotopic (exact) mass is 302 g/mol. The van der Waals surface area contributed by atoms with Crippen LogP contribution < -0.4 is 10.0 Å². The van der Waals surface area contributed by atoms with E-state index in [4.69, 9.17) is 0 Å². The van der Waals surface area contributed by atoms with Gasteiger partial charge in [-0.05, 0) is 18.3 Å². The van der Waals surface area contributed by atoms with Crippen LogP contribution in [0.5, 0.6) is 0 Å². The Labute approximate surface area is 117 Å². The number of nitrogens with one attached hydrogen (secondary N) is 2. The van der Waals surface area contributed by atoms with Crippen LogP contribution in [0.3, 0.4) is 0 Å². The number of carbonyl (C=O) groups excluding carboxylic acids is 1. The van der Waals surface area contributed by atoms with Crippen molar-refractivity contribution in [2.24, 2.45) is 23.7 Å². The van der Waals surface area contributed by atoms with Crippen molar-refractivity contribution in [3.05, 3.63) is 12.2 Å². The summed E-state index contributed by atoms with van der Waals surface area (Å²) in [6.07, 6.45) is 5.52. The van der Waals surface area contributed by atoms with Crippen molar-refractivity contribution in [1.82, 2.24) is 10.0 Å². The number of hydrogen-bond acceptors (Lipinski definition) is 4. The number of carbonyl (C=O) groups is 2. The number of hydrogen-bond donors (Lipinski definition) is 3. The smallest absolute Gasteiger partial charge is 0.307 e. The molecule has 112 valence electrons. The van der Waals surface area contributed by atoms with E-state index >= 15 is 0 Å². The molecule has 8 heteroatoms. The third-order valence-corrected chi connectivity index (χ3v) is 4.56. The molecule has 1 amide bonds. The number of rotatable bonds is 6. The summed E-state index contributed by atoms with van der Waals surface area (Å²) in [6.45, 7) is 0.245. The molecule has 0 spiro atoms. The first-order valence-corrected chi connectivity index (χ1v) is 8.32. The number of carboxylic acids is 1. The maximum Gasteiger partial charge on any atom is 0.307 e. The van der Waals surface area contributed by atoms with Crippen molar-refractivity contribution >= 4 is 21.9 Å².